The number of hydrogen-bond acceptors (Lipinski definition) is 6. The highest BCUT2D eigenvalue weighted by atomic mass is 16.2. The molecule has 26 heavy (non-hydrogen) atoms. The quantitative estimate of drug-likeness (QED) is 0.731. The molecule has 3 rings (SSSR count). The smallest absolute Gasteiger partial charge is 0.254 e. The molecule has 0 spiro atoms. The van der Waals surface area contributed by atoms with Crippen LogP contribution in [0.4, 0.5) is 17.5 Å². The number of nitrogens with zero attached hydrogens (tertiary/aromatic N) is 3. The normalized spacial score (nSPS) is 13.6. The van der Waals surface area contributed by atoms with Gasteiger partial charge in [0.15, 0.2) is 0 Å². The first kappa shape index (κ1) is 17.7. The monoisotopic (exact) mass is 354 g/mol. The van der Waals surface area contributed by atoms with Crippen LogP contribution in [0.5, 0.6) is 0 Å². The zero-order chi connectivity index (χ0) is 18.7. The third-order valence-corrected chi connectivity index (χ3v) is 4.29. The molecule has 0 saturated heterocycles. The summed E-state index contributed by atoms with van der Waals surface area (Å²) in [7, 11) is 3.42. The minimum Gasteiger partial charge on any atom is -0.367 e. The van der Waals surface area contributed by atoms with E-state index in [1.165, 1.54) is 11.1 Å². The van der Waals surface area contributed by atoms with Crippen molar-refractivity contribution in [2.75, 3.05) is 24.7 Å². The van der Waals surface area contributed by atoms with Gasteiger partial charge < -0.3 is 21.3 Å². The number of benzene rings is 1. The van der Waals surface area contributed by atoms with Crippen LogP contribution in [0.1, 0.15) is 40.0 Å². The highest BCUT2D eigenvalue weighted by Gasteiger charge is 2.21. The first-order valence-corrected chi connectivity index (χ1v) is 8.46. The van der Waals surface area contributed by atoms with Crippen molar-refractivity contribution >= 4 is 29.3 Å². The number of aromatic nitrogens is 2. The Morgan fingerprint density at radius 1 is 1.19 bits per heavy atom. The summed E-state index contributed by atoms with van der Waals surface area (Å²) in [6, 6.07) is 7.33. The zero-order valence-electron chi connectivity index (χ0n) is 14.8. The fourth-order valence-electron chi connectivity index (χ4n) is 2.56. The lowest BCUT2D eigenvalue weighted by atomic mass is 9.93. The Hall–Kier alpha value is -3.16. The van der Waals surface area contributed by atoms with E-state index in [0.717, 1.165) is 24.9 Å². The van der Waals surface area contributed by atoms with Gasteiger partial charge in [0.2, 0.25) is 5.95 Å². The number of carbonyl (C=O) groups is 2. The summed E-state index contributed by atoms with van der Waals surface area (Å²) in [4.78, 5) is 33.6. The predicted molar refractivity (Wildman–Crippen MR) is 99.6 cm³/mol. The van der Waals surface area contributed by atoms with Gasteiger partial charge in [-0.3, -0.25) is 9.59 Å². The highest BCUT2D eigenvalue weighted by Crippen LogP contribution is 2.25. The lowest BCUT2D eigenvalue weighted by Crippen LogP contribution is -2.29. The molecule has 8 nitrogen and oxygen atoms in total. The summed E-state index contributed by atoms with van der Waals surface area (Å²) in [5.74, 6) is 0.165. The molecule has 1 aliphatic carbocycles. The number of carbonyl (C=O) groups excluding carboxylic acids is 2. The van der Waals surface area contributed by atoms with Gasteiger partial charge in [-0.2, -0.15) is 4.98 Å². The third kappa shape index (κ3) is 3.90. The number of amides is 2. The Kier molecular flexibility index (Phi) is 5.01. The van der Waals surface area contributed by atoms with Crippen molar-refractivity contribution in [3.63, 3.8) is 0 Å². The van der Waals surface area contributed by atoms with Crippen molar-refractivity contribution in [2.24, 2.45) is 5.73 Å². The molecule has 0 radical (unpaired) electrons. The topological polar surface area (TPSA) is 113 Å². The maximum absolute atomic E-state index is 11.9. The van der Waals surface area contributed by atoms with Crippen LogP contribution in [0.2, 0.25) is 0 Å². The maximum atomic E-state index is 11.9. The van der Waals surface area contributed by atoms with Crippen LogP contribution in [0, 0.1) is 0 Å². The molecule has 1 aromatic carbocycles. The van der Waals surface area contributed by atoms with Gasteiger partial charge in [0.25, 0.3) is 11.8 Å². The Morgan fingerprint density at radius 2 is 1.88 bits per heavy atom. The van der Waals surface area contributed by atoms with Gasteiger partial charge in [0.05, 0.1) is 5.56 Å². The molecular formula is C18H22N6O2. The van der Waals surface area contributed by atoms with Crippen LogP contribution in [0.25, 0.3) is 0 Å². The summed E-state index contributed by atoms with van der Waals surface area (Å²) in [6.45, 7) is 0. The number of primary amides is 1. The SMILES string of the molecule is CN(C)C(=O)c1ccc(Nc2ncc(C(N)=O)c(NC3CCC3)n2)cc1. The fraction of sp³-hybridized carbons (Fsp3) is 0.333. The summed E-state index contributed by atoms with van der Waals surface area (Å²) < 4.78 is 0. The molecule has 2 amide bonds. The second-order valence-corrected chi connectivity index (χ2v) is 6.49. The Labute approximate surface area is 151 Å². The van der Waals surface area contributed by atoms with Gasteiger partial charge in [-0.1, -0.05) is 0 Å². The van der Waals surface area contributed by atoms with Crippen molar-refractivity contribution < 1.29 is 9.59 Å². The van der Waals surface area contributed by atoms with Crippen LogP contribution in [-0.4, -0.2) is 46.8 Å². The highest BCUT2D eigenvalue weighted by molar-refractivity contribution is 5.97. The van der Waals surface area contributed by atoms with Gasteiger partial charge in [0.1, 0.15) is 5.82 Å². The van der Waals surface area contributed by atoms with E-state index in [9.17, 15) is 9.59 Å². The van der Waals surface area contributed by atoms with Gasteiger partial charge in [-0.05, 0) is 43.5 Å². The molecule has 136 valence electrons. The second-order valence-electron chi connectivity index (χ2n) is 6.49. The predicted octanol–water partition coefficient (Wildman–Crippen LogP) is 1.99. The van der Waals surface area contributed by atoms with E-state index in [2.05, 4.69) is 20.6 Å². The number of nitrogens with one attached hydrogen (secondary N) is 2. The van der Waals surface area contributed by atoms with Gasteiger partial charge >= 0.3 is 0 Å². The summed E-state index contributed by atoms with van der Waals surface area (Å²) >= 11 is 0. The molecule has 2 aromatic rings. The van der Waals surface area contributed by atoms with E-state index >= 15 is 0 Å². The van der Waals surface area contributed by atoms with E-state index in [1.54, 1.807) is 38.4 Å². The summed E-state index contributed by atoms with van der Waals surface area (Å²) in [5, 5.41) is 6.32. The molecule has 1 fully saturated rings. The van der Waals surface area contributed by atoms with E-state index in [4.69, 9.17) is 5.73 Å². The lowest BCUT2D eigenvalue weighted by molar-refractivity contribution is 0.0827. The molecule has 1 heterocycles. The van der Waals surface area contributed by atoms with E-state index in [-0.39, 0.29) is 11.5 Å². The number of rotatable bonds is 6. The molecule has 0 atom stereocenters. The zero-order valence-corrected chi connectivity index (χ0v) is 14.8. The Morgan fingerprint density at radius 3 is 2.42 bits per heavy atom. The average molecular weight is 354 g/mol. The molecular weight excluding hydrogens is 332 g/mol. The second kappa shape index (κ2) is 7.38. The molecule has 0 bridgehead atoms. The van der Waals surface area contributed by atoms with Crippen molar-refractivity contribution in [3.05, 3.63) is 41.6 Å². The Balaban J connectivity index is 1.77. The Bertz CT molecular complexity index is 815. The van der Waals surface area contributed by atoms with E-state index < -0.39 is 5.91 Å². The molecule has 4 N–H and O–H groups in total. The minimum absolute atomic E-state index is 0.0643. The first-order chi connectivity index (χ1) is 12.4. The molecule has 0 aliphatic heterocycles. The van der Waals surface area contributed by atoms with E-state index in [0.29, 0.717) is 23.4 Å². The van der Waals surface area contributed by atoms with E-state index in [1.807, 2.05) is 0 Å². The maximum Gasteiger partial charge on any atom is 0.254 e. The first-order valence-electron chi connectivity index (χ1n) is 8.46. The number of anilines is 3. The van der Waals surface area contributed by atoms with Crippen molar-refractivity contribution in [2.45, 2.75) is 25.3 Å². The standard InChI is InChI=1S/C18H22N6O2/c1-24(2)17(26)11-6-8-13(9-7-11)22-18-20-10-14(15(19)25)16(23-18)21-12-4-3-5-12/h6-10,12H,3-5H2,1-2H3,(H2,19,25)(H2,20,21,22,23). The van der Waals surface area contributed by atoms with Gasteiger partial charge in [-0.15, -0.1) is 0 Å². The minimum atomic E-state index is -0.565. The van der Waals surface area contributed by atoms with Crippen LogP contribution in [0.15, 0.2) is 30.5 Å². The van der Waals surface area contributed by atoms with Crippen molar-refractivity contribution in [1.29, 1.82) is 0 Å². The summed E-state index contributed by atoms with van der Waals surface area (Å²) in [5.41, 5.74) is 7.01. The van der Waals surface area contributed by atoms with Crippen LogP contribution < -0.4 is 16.4 Å². The molecule has 8 heteroatoms. The third-order valence-electron chi connectivity index (χ3n) is 4.29. The van der Waals surface area contributed by atoms with Crippen molar-refractivity contribution in [1.82, 2.24) is 14.9 Å². The molecule has 1 aromatic heterocycles. The molecule has 1 saturated carbocycles. The number of hydrogen-bond donors (Lipinski definition) is 3. The van der Waals surface area contributed by atoms with Gasteiger partial charge in [0, 0.05) is 37.6 Å². The lowest BCUT2D eigenvalue weighted by Gasteiger charge is -2.27. The van der Waals surface area contributed by atoms with Crippen LogP contribution in [-0.2, 0) is 0 Å². The molecule has 0 unspecified atom stereocenters. The largest absolute Gasteiger partial charge is 0.367 e. The summed E-state index contributed by atoms with van der Waals surface area (Å²) in [6.07, 6.45) is 4.68. The number of nitrogens with two attached hydrogens (primary N) is 1. The van der Waals surface area contributed by atoms with Crippen LogP contribution in [0.3, 0.4) is 0 Å². The van der Waals surface area contributed by atoms with Crippen LogP contribution >= 0.6 is 0 Å². The fourth-order valence-corrected chi connectivity index (χ4v) is 2.56. The van der Waals surface area contributed by atoms with Crippen molar-refractivity contribution in [3.8, 4) is 0 Å². The molecule has 1 aliphatic rings. The van der Waals surface area contributed by atoms with Gasteiger partial charge in [-0.25, -0.2) is 4.98 Å². The average Bonchev–Trinajstić information content (AvgIpc) is 2.58.